The molecule has 0 aliphatic carbocycles. The second kappa shape index (κ2) is 9.72. The Kier molecular flexibility index (Phi) is 6.78. The molecule has 0 spiro atoms. The van der Waals surface area contributed by atoms with Crippen LogP contribution in [0, 0.1) is 0 Å². The molecule has 1 amide bonds. The van der Waals surface area contributed by atoms with E-state index < -0.39 is 17.7 Å². The predicted octanol–water partition coefficient (Wildman–Crippen LogP) is 2.68. The monoisotopic (exact) mass is 458 g/mol. The van der Waals surface area contributed by atoms with E-state index in [1.165, 1.54) is 18.4 Å². The molecule has 1 fully saturated rings. The molecule has 1 N–H and O–H groups in total. The first kappa shape index (κ1) is 22.3. The van der Waals surface area contributed by atoms with Gasteiger partial charge in [0.05, 0.1) is 43.9 Å². The number of rotatable bonds is 8. The number of nitrogens with zero attached hydrogens (tertiary/aromatic N) is 2. The van der Waals surface area contributed by atoms with E-state index in [1.807, 2.05) is 0 Å². The lowest BCUT2D eigenvalue weighted by atomic mass is 9.94. The molecule has 0 saturated carbocycles. The van der Waals surface area contributed by atoms with Gasteiger partial charge in [-0.25, -0.2) is 0 Å². The molecule has 32 heavy (non-hydrogen) atoms. The molecular formula is C23H26N2O6S. The minimum Gasteiger partial charge on any atom is -0.503 e. The molecule has 170 valence electrons. The van der Waals surface area contributed by atoms with Gasteiger partial charge in [0.25, 0.3) is 5.91 Å². The first-order valence-electron chi connectivity index (χ1n) is 10.4. The van der Waals surface area contributed by atoms with E-state index in [4.69, 9.17) is 14.2 Å². The first-order valence-corrected chi connectivity index (χ1v) is 11.3. The number of carbonyl (C=O) groups is 2. The average Bonchev–Trinajstić information content (AvgIpc) is 3.45. The maximum absolute atomic E-state index is 13.3. The standard InChI is InChI=1S/C23H26N2O6S/c1-29-15-5-6-16(17(14-15)30-2)20-19(21(26)18-4-3-13-32-18)22(27)23(28)25(20)8-7-24-9-11-31-12-10-24/h3-6,13-14,20,27H,7-12H2,1-2H3/t20-/m0/s1. The van der Waals surface area contributed by atoms with Gasteiger partial charge in [0.2, 0.25) is 5.78 Å². The van der Waals surface area contributed by atoms with Crippen LogP contribution in [-0.2, 0) is 9.53 Å². The maximum atomic E-state index is 13.3. The highest BCUT2D eigenvalue weighted by molar-refractivity contribution is 7.12. The molecule has 9 heteroatoms. The van der Waals surface area contributed by atoms with Crippen molar-refractivity contribution < 1.29 is 28.9 Å². The Morgan fingerprint density at radius 2 is 1.97 bits per heavy atom. The van der Waals surface area contributed by atoms with Crippen LogP contribution in [-0.4, -0.2) is 80.2 Å². The van der Waals surface area contributed by atoms with Crippen molar-refractivity contribution in [3.63, 3.8) is 0 Å². The predicted molar refractivity (Wildman–Crippen MR) is 120 cm³/mol. The Morgan fingerprint density at radius 3 is 2.62 bits per heavy atom. The third kappa shape index (κ3) is 4.23. The Bertz CT molecular complexity index is 1010. The summed E-state index contributed by atoms with van der Waals surface area (Å²) in [5, 5.41) is 12.6. The van der Waals surface area contributed by atoms with Crippen molar-refractivity contribution in [2.75, 3.05) is 53.6 Å². The molecule has 2 aliphatic rings. The van der Waals surface area contributed by atoms with Gasteiger partial charge in [0.15, 0.2) is 5.76 Å². The van der Waals surface area contributed by atoms with E-state index in [0.717, 1.165) is 13.1 Å². The number of benzene rings is 1. The fourth-order valence-electron chi connectivity index (χ4n) is 4.10. The number of hydrogen-bond acceptors (Lipinski definition) is 8. The first-order chi connectivity index (χ1) is 15.5. The normalized spacial score (nSPS) is 19.5. The van der Waals surface area contributed by atoms with Crippen LogP contribution in [0.2, 0.25) is 0 Å². The van der Waals surface area contributed by atoms with Crippen molar-refractivity contribution in [2.45, 2.75) is 6.04 Å². The number of amides is 1. The summed E-state index contributed by atoms with van der Waals surface area (Å²) in [4.78, 5) is 30.7. The minimum atomic E-state index is -0.765. The van der Waals surface area contributed by atoms with E-state index in [1.54, 1.807) is 47.7 Å². The smallest absolute Gasteiger partial charge is 0.290 e. The molecule has 0 radical (unpaired) electrons. The van der Waals surface area contributed by atoms with Gasteiger partial charge in [0, 0.05) is 37.8 Å². The number of morpholine rings is 1. The van der Waals surface area contributed by atoms with E-state index in [2.05, 4.69) is 4.90 Å². The molecule has 8 nitrogen and oxygen atoms in total. The number of thiophene rings is 1. The molecule has 2 aliphatic heterocycles. The number of aliphatic hydroxyl groups excluding tert-OH is 1. The number of carbonyl (C=O) groups excluding carboxylic acids is 2. The quantitative estimate of drug-likeness (QED) is 0.609. The van der Waals surface area contributed by atoms with Crippen LogP contribution in [0.15, 0.2) is 47.0 Å². The number of methoxy groups -OCH3 is 2. The highest BCUT2D eigenvalue weighted by atomic mass is 32.1. The van der Waals surface area contributed by atoms with Crippen LogP contribution >= 0.6 is 11.3 Å². The summed E-state index contributed by atoms with van der Waals surface area (Å²) in [6, 6.07) is 7.94. The van der Waals surface area contributed by atoms with Gasteiger partial charge < -0.3 is 24.2 Å². The Morgan fingerprint density at radius 1 is 1.19 bits per heavy atom. The van der Waals surface area contributed by atoms with Gasteiger partial charge in [-0.15, -0.1) is 11.3 Å². The summed E-state index contributed by atoms with van der Waals surface area (Å²) < 4.78 is 16.3. The maximum Gasteiger partial charge on any atom is 0.290 e. The van der Waals surface area contributed by atoms with Crippen LogP contribution in [0.3, 0.4) is 0 Å². The van der Waals surface area contributed by atoms with E-state index in [-0.39, 0.29) is 11.4 Å². The summed E-state index contributed by atoms with van der Waals surface area (Å²) in [5.41, 5.74) is 0.690. The molecule has 1 saturated heterocycles. The van der Waals surface area contributed by atoms with Gasteiger partial charge in [0.1, 0.15) is 11.5 Å². The molecule has 1 atom stereocenters. The Hall–Kier alpha value is -2.88. The van der Waals surface area contributed by atoms with Gasteiger partial charge in [-0.1, -0.05) is 6.07 Å². The second-order valence-electron chi connectivity index (χ2n) is 7.53. The minimum absolute atomic E-state index is 0.0721. The van der Waals surface area contributed by atoms with E-state index in [0.29, 0.717) is 48.2 Å². The Labute approximate surface area is 190 Å². The lowest BCUT2D eigenvalue weighted by Crippen LogP contribution is -2.43. The fraction of sp³-hybridized carbons (Fsp3) is 0.391. The lowest BCUT2D eigenvalue weighted by molar-refractivity contribution is -0.129. The molecular weight excluding hydrogens is 432 g/mol. The summed E-state index contributed by atoms with van der Waals surface area (Å²) in [7, 11) is 3.08. The lowest BCUT2D eigenvalue weighted by Gasteiger charge is -2.32. The summed E-state index contributed by atoms with van der Waals surface area (Å²) in [5.74, 6) is -0.351. The average molecular weight is 459 g/mol. The highest BCUT2D eigenvalue weighted by Crippen LogP contribution is 2.43. The highest BCUT2D eigenvalue weighted by Gasteiger charge is 2.45. The van der Waals surface area contributed by atoms with Crippen LogP contribution in [0.5, 0.6) is 11.5 Å². The van der Waals surface area contributed by atoms with Gasteiger partial charge in [-0.3, -0.25) is 14.5 Å². The zero-order valence-corrected chi connectivity index (χ0v) is 18.9. The molecule has 0 bridgehead atoms. The molecule has 2 aromatic rings. The van der Waals surface area contributed by atoms with Crippen molar-refractivity contribution in [3.8, 4) is 11.5 Å². The second-order valence-corrected chi connectivity index (χ2v) is 8.48. The number of ether oxygens (including phenoxy) is 3. The third-order valence-electron chi connectivity index (χ3n) is 5.79. The van der Waals surface area contributed by atoms with Gasteiger partial charge in [-0.05, 0) is 23.6 Å². The Balaban J connectivity index is 1.73. The van der Waals surface area contributed by atoms with Crippen molar-refractivity contribution >= 4 is 23.0 Å². The SMILES string of the molecule is COc1ccc([C@H]2C(C(=O)c3cccs3)=C(O)C(=O)N2CCN2CCOCC2)c(OC)c1. The molecule has 1 aromatic carbocycles. The summed E-state index contributed by atoms with van der Waals surface area (Å²) in [6.07, 6.45) is 0. The van der Waals surface area contributed by atoms with Gasteiger partial charge >= 0.3 is 0 Å². The van der Waals surface area contributed by atoms with Crippen molar-refractivity contribution in [3.05, 3.63) is 57.5 Å². The number of aliphatic hydroxyl groups is 1. The fourth-order valence-corrected chi connectivity index (χ4v) is 4.78. The number of ketones is 1. The largest absolute Gasteiger partial charge is 0.503 e. The van der Waals surface area contributed by atoms with Crippen LogP contribution in [0.25, 0.3) is 0 Å². The molecule has 0 unspecified atom stereocenters. The zero-order valence-electron chi connectivity index (χ0n) is 18.1. The third-order valence-corrected chi connectivity index (χ3v) is 6.66. The van der Waals surface area contributed by atoms with Crippen molar-refractivity contribution in [1.29, 1.82) is 0 Å². The molecule has 1 aromatic heterocycles. The number of Topliss-reactive ketones (excluding diaryl/α,β-unsaturated/α-hetero) is 1. The van der Waals surface area contributed by atoms with Crippen LogP contribution in [0.1, 0.15) is 21.3 Å². The summed E-state index contributed by atoms with van der Waals surface area (Å²) in [6.45, 7) is 3.81. The van der Waals surface area contributed by atoms with E-state index >= 15 is 0 Å². The number of hydrogen-bond donors (Lipinski definition) is 1. The molecule has 4 rings (SSSR count). The van der Waals surface area contributed by atoms with Crippen LogP contribution < -0.4 is 9.47 Å². The van der Waals surface area contributed by atoms with Crippen LogP contribution in [0.4, 0.5) is 0 Å². The topological polar surface area (TPSA) is 88.5 Å². The van der Waals surface area contributed by atoms with Crippen molar-refractivity contribution in [1.82, 2.24) is 9.80 Å². The zero-order chi connectivity index (χ0) is 22.7. The van der Waals surface area contributed by atoms with Gasteiger partial charge in [-0.2, -0.15) is 0 Å². The van der Waals surface area contributed by atoms with Crippen molar-refractivity contribution in [2.24, 2.45) is 0 Å². The molecule has 3 heterocycles. The summed E-state index contributed by atoms with van der Waals surface area (Å²) >= 11 is 1.27. The van der Waals surface area contributed by atoms with E-state index in [9.17, 15) is 14.7 Å².